The normalized spacial score (nSPS) is 15.1. The fourth-order valence-corrected chi connectivity index (χ4v) is 3.36. The Hall–Kier alpha value is -1.61. The number of aromatic nitrogens is 2. The Labute approximate surface area is 185 Å². The van der Waals surface area contributed by atoms with Crippen molar-refractivity contribution in [3.63, 3.8) is 0 Å². The predicted octanol–water partition coefficient (Wildman–Crippen LogP) is 3.24. The summed E-state index contributed by atoms with van der Waals surface area (Å²) >= 11 is 0. The number of rotatable bonds is 8. The first-order valence-corrected chi connectivity index (χ1v) is 10.1. The SMILES string of the molecule is CCNC(=NCc1ccc(CN2CCCCC2)cc1)NCCn1cccn1.I. The number of hydrogen-bond donors (Lipinski definition) is 2. The molecular weight excluding hydrogens is 463 g/mol. The second-order valence-electron chi connectivity index (χ2n) is 7.04. The molecule has 0 unspecified atom stereocenters. The lowest BCUT2D eigenvalue weighted by Crippen LogP contribution is -2.38. The van der Waals surface area contributed by atoms with Crippen molar-refractivity contribution in [2.24, 2.45) is 4.99 Å². The number of nitrogens with one attached hydrogen (secondary N) is 2. The lowest BCUT2D eigenvalue weighted by molar-refractivity contribution is 0.221. The van der Waals surface area contributed by atoms with Gasteiger partial charge in [0, 0.05) is 32.0 Å². The molecule has 0 saturated carbocycles. The van der Waals surface area contributed by atoms with Crippen LogP contribution in [0.5, 0.6) is 0 Å². The van der Waals surface area contributed by atoms with Gasteiger partial charge in [0.15, 0.2) is 5.96 Å². The Bertz CT molecular complexity index is 677. The number of piperidine rings is 1. The largest absolute Gasteiger partial charge is 0.357 e. The van der Waals surface area contributed by atoms with Crippen molar-refractivity contribution in [2.75, 3.05) is 26.2 Å². The molecule has 7 heteroatoms. The molecule has 3 rings (SSSR count). The van der Waals surface area contributed by atoms with E-state index < -0.39 is 0 Å². The molecule has 0 amide bonds. The Balaban J connectivity index is 0.00000280. The smallest absolute Gasteiger partial charge is 0.191 e. The number of aliphatic imine (C=N–C) groups is 1. The van der Waals surface area contributed by atoms with Crippen LogP contribution in [0.25, 0.3) is 0 Å². The number of benzene rings is 1. The average molecular weight is 496 g/mol. The standard InChI is InChI=1S/C21H32N6.HI/c1-2-22-21(23-12-16-27-15-6-11-25-27)24-17-19-7-9-20(10-8-19)18-26-13-4-3-5-14-26;/h6-11,15H,2-5,12-14,16-18H2,1H3,(H2,22,23,24);1H. The van der Waals surface area contributed by atoms with Crippen molar-refractivity contribution in [1.82, 2.24) is 25.3 Å². The maximum atomic E-state index is 4.70. The van der Waals surface area contributed by atoms with E-state index in [4.69, 9.17) is 4.99 Å². The van der Waals surface area contributed by atoms with Crippen molar-refractivity contribution >= 4 is 29.9 Å². The molecule has 1 aliphatic heterocycles. The van der Waals surface area contributed by atoms with Gasteiger partial charge in [0.1, 0.15) is 0 Å². The molecule has 28 heavy (non-hydrogen) atoms. The third-order valence-corrected chi connectivity index (χ3v) is 4.83. The van der Waals surface area contributed by atoms with Crippen molar-refractivity contribution < 1.29 is 0 Å². The topological polar surface area (TPSA) is 57.5 Å². The molecule has 1 aliphatic rings. The molecule has 1 fully saturated rings. The number of halogens is 1. The molecule has 1 aromatic carbocycles. The Morgan fingerprint density at radius 2 is 1.82 bits per heavy atom. The van der Waals surface area contributed by atoms with Crippen LogP contribution in [0.1, 0.15) is 37.3 Å². The highest BCUT2D eigenvalue weighted by Gasteiger charge is 2.10. The zero-order chi connectivity index (χ0) is 18.7. The number of guanidine groups is 1. The molecule has 2 heterocycles. The van der Waals surface area contributed by atoms with Crippen LogP contribution in [0.3, 0.4) is 0 Å². The molecule has 2 aromatic rings. The Morgan fingerprint density at radius 3 is 2.50 bits per heavy atom. The highest BCUT2D eigenvalue weighted by Crippen LogP contribution is 2.14. The quantitative estimate of drug-likeness (QED) is 0.335. The zero-order valence-electron chi connectivity index (χ0n) is 16.8. The molecule has 1 aromatic heterocycles. The minimum Gasteiger partial charge on any atom is -0.357 e. The lowest BCUT2D eigenvalue weighted by atomic mass is 10.1. The summed E-state index contributed by atoms with van der Waals surface area (Å²) in [6.07, 6.45) is 7.84. The Kier molecular flexibility index (Phi) is 10.3. The highest BCUT2D eigenvalue weighted by atomic mass is 127. The van der Waals surface area contributed by atoms with E-state index in [1.165, 1.54) is 43.5 Å². The fraction of sp³-hybridized carbons (Fsp3) is 0.524. The van der Waals surface area contributed by atoms with E-state index in [1.807, 2.05) is 16.9 Å². The zero-order valence-corrected chi connectivity index (χ0v) is 19.1. The van der Waals surface area contributed by atoms with Crippen LogP contribution in [-0.2, 0) is 19.6 Å². The maximum Gasteiger partial charge on any atom is 0.191 e. The molecule has 1 saturated heterocycles. The van der Waals surface area contributed by atoms with Crippen molar-refractivity contribution in [3.05, 3.63) is 53.9 Å². The molecule has 0 radical (unpaired) electrons. The fourth-order valence-electron chi connectivity index (χ4n) is 3.36. The van der Waals surface area contributed by atoms with Gasteiger partial charge in [0.25, 0.3) is 0 Å². The van der Waals surface area contributed by atoms with E-state index in [0.717, 1.165) is 32.1 Å². The van der Waals surface area contributed by atoms with E-state index in [0.29, 0.717) is 6.54 Å². The predicted molar refractivity (Wildman–Crippen MR) is 126 cm³/mol. The Morgan fingerprint density at radius 1 is 1.07 bits per heavy atom. The van der Waals surface area contributed by atoms with Crippen LogP contribution in [0.2, 0.25) is 0 Å². The first kappa shape index (κ1) is 22.7. The van der Waals surface area contributed by atoms with E-state index in [-0.39, 0.29) is 24.0 Å². The third-order valence-electron chi connectivity index (χ3n) is 4.83. The summed E-state index contributed by atoms with van der Waals surface area (Å²) in [5.41, 5.74) is 2.63. The summed E-state index contributed by atoms with van der Waals surface area (Å²) in [6, 6.07) is 10.8. The summed E-state index contributed by atoms with van der Waals surface area (Å²) in [6.45, 7) is 8.78. The van der Waals surface area contributed by atoms with Gasteiger partial charge in [0.2, 0.25) is 0 Å². The summed E-state index contributed by atoms with van der Waals surface area (Å²) in [7, 11) is 0. The number of nitrogens with zero attached hydrogens (tertiary/aromatic N) is 4. The van der Waals surface area contributed by atoms with Gasteiger partial charge in [-0.15, -0.1) is 24.0 Å². The summed E-state index contributed by atoms with van der Waals surface area (Å²) in [4.78, 5) is 7.26. The minimum atomic E-state index is 0. The van der Waals surface area contributed by atoms with Crippen LogP contribution < -0.4 is 10.6 Å². The number of hydrogen-bond acceptors (Lipinski definition) is 3. The van der Waals surface area contributed by atoms with E-state index in [1.54, 1.807) is 6.20 Å². The molecule has 154 valence electrons. The van der Waals surface area contributed by atoms with Crippen LogP contribution in [0.15, 0.2) is 47.7 Å². The highest BCUT2D eigenvalue weighted by molar-refractivity contribution is 14.0. The molecule has 6 nitrogen and oxygen atoms in total. The van der Waals surface area contributed by atoms with Crippen LogP contribution in [0, 0.1) is 0 Å². The van der Waals surface area contributed by atoms with Gasteiger partial charge in [-0.25, -0.2) is 4.99 Å². The van der Waals surface area contributed by atoms with Gasteiger partial charge in [-0.3, -0.25) is 9.58 Å². The second-order valence-corrected chi connectivity index (χ2v) is 7.04. The molecule has 0 spiro atoms. The van der Waals surface area contributed by atoms with Gasteiger partial charge in [-0.2, -0.15) is 5.10 Å². The molecule has 0 atom stereocenters. The summed E-state index contributed by atoms with van der Waals surface area (Å²) in [5.74, 6) is 0.849. The first-order chi connectivity index (χ1) is 13.3. The van der Waals surface area contributed by atoms with E-state index >= 15 is 0 Å². The molecular formula is C21H33IN6. The molecule has 2 N–H and O–H groups in total. The van der Waals surface area contributed by atoms with E-state index in [2.05, 4.69) is 51.8 Å². The molecule has 0 bridgehead atoms. The summed E-state index contributed by atoms with van der Waals surface area (Å²) in [5, 5.41) is 10.9. The summed E-state index contributed by atoms with van der Waals surface area (Å²) < 4.78 is 1.91. The van der Waals surface area contributed by atoms with Crippen molar-refractivity contribution in [3.8, 4) is 0 Å². The monoisotopic (exact) mass is 496 g/mol. The van der Waals surface area contributed by atoms with Gasteiger partial charge in [-0.1, -0.05) is 30.7 Å². The van der Waals surface area contributed by atoms with Crippen molar-refractivity contribution in [1.29, 1.82) is 0 Å². The second kappa shape index (κ2) is 12.8. The van der Waals surface area contributed by atoms with Crippen molar-refractivity contribution in [2.45, 2.75) is 45.8 Å². The first-order valence-electron chi connectivity index (χ1n) is 10.1. The molecule has 0 aliphatic carbocycles. The van der Waals surface area contributed by atoms with Gasteiger partial charge < -0.3 is 10.6 Å². The van der Waals surface area contributed by atoms with Gasteiger partial charge in [-0.05, 0) is 50.0 Å². The van der Waals surface area contributed by atoms with Crippen LogP contribution in [-0.4, -0.2) is 46.8 Å². The lowest BCUT2D eigenvalue weighted by Gasteiger charge is -2.26. The average Bonchev–Trinajstić information content (AvgIpc) is 3.21. The minimum absolute atomic E-state index is 0. The maximum absolute atomic E-state index is 4.70. The third kappa shape index (κ3) is 7.79. The number of likely N-dealkylation sites (tertiary alicyclic amines) is 1. The van der Waals surface area contributed by atoms with Gasteiger partial charge in [0.05, 0.1) is 13.1 Å². The van der Waals surface area contributed by atoms with Gasteiger partial charge >= 0.3 is 0 Å². The van der Waals surface area contributed by atoms with E-state index in [9.17, 15) is 0 Å². The van der Waals surface area contributed by atoms with Crippen LogP contribution in [0.4, 0.5) is 0 Å². The van der Waals surface area contributed by atoms with Crippen LogP contribution >= 0.6 is 24.0 Å².